The minimum Gasteiger partial charge on any atom is -0.352 e. The maximum Gasteiger partial charge on any atom is 0.244 e. The first kappa shape index (κ1) is 29.8. The van der Waals surface area contributed by atoms with Gasteiger partial charge in [0.15, 0.2) is 0 Å². The average molecular weight is 609 g/mol. The Balaban J connectivity index is 1.96. The summed E-state index contributed by atoms with van der Waals surface area (Å²) < 4.78 is 26.4. The van der Waals surface area contributed by atoms with E-state index in [-0.39, 0.29) is 29.2 Å². The van der Waals surface area contributed by atoms with Crippen molar-refractivity contribution in [1.82, 2.24) is 10.2 Å². The van der Waals surface area contributed by atoms with E-state index in [1.807, 2.05) is 0 Å². The number of carbonyl (C=O) groups is 2. The molecule has 3 rings (SSSR count). The van der Waals surface area contributed by atoms with Gasteiger partial charge in [0.2, 0.25) is 21.8 Å². The number of hydrogen-bond acceptors (Lipinski definition) is 4. The molecule has 1 saturated carbocycles. The molecule has 0 unspecified atom stereocenters. The molecule has 2 aromatic carbocycles. The number of rotatable bonds is 10. The monoisotopic (exact) mass is 607 g/mol. The fourth-order valence-corrected chi connectivity index (χ4v) is 6.14. The molecule has 2 amide bonds. The third-order valence-electron chi connectivity index (χ3n) is 6.28. The minimum atomic E-state index is -3.92. The highest BCUT2D eigenvalue weighted by molar-refractivity contribution is 7.92. The first-order valence-electron chi connectivity index (χ1n) is 11.9. The predicted octanol–water partition coefficient (Wildman–Crippen LogP) is 5.93. The van der Waals surface area contributed by atoms with Crippen LogP contribution in [0.15, 0.2) is 36.4 Å². The molecule has 7 nitrogen and oxygen atoms in total. The molecule has 1 aliphatic carbocycles. The van der Waals surface area contributed by atoms with E-state index < -0.39 is 28.5 Å². The smallest absolute Gasteiger partial charge is 0.244 e. The van der Waals surface area contributed by atoms with Gasteiger partial charge in [-0.1, -0.05) is 72.2 Å². The van der Waals surface area contributed by atoms with E-state index in [1.165, 1.54) is 23.1 Å². The topological polar surface area (TPSA) is 86.8 Å². The molecule has 1 aliphatic rings. The SMILES string of the molecule is CC[C@@H](C(=O)NC1CCCC1)N(Cc1ccc(Cl)c(Cl)c1)C(=O)CN(c1ccc(Cl)cc1Cl)S(C)(=O)=O. The molecule has 0 saturated heterocycles. The van der Waals surface area contributed by atoms with Crippen LogP contribution in [0.5, 0.6) is 0 Å². The Hall–Kier alpha value is -1.71. The average Bonchev–Trinajstić information content (AvgIpc) is 3.32. The first-order chi connectivity index (χ1) is 17.4. The Morgan fingerprint density at radius 1 is 1.00 bits per heavy atom. The van der Waals surface area contributed by atoms with E-state index in [0.717, 1.165) is 36.2 Å². The lowest BCUT2D eigenvalue weighted by Crippen LogP contribution is -2.53. The summed E-state index contributed by atoms with van der Waals surface area (Å²) in [6, 6.07) is 8.50. The van der Waals surface area contributed by atoms with Gasteiger partial charge < -0.3 is 10.2 Å². The lowest BCUT2D eigenvalue weighted by atomic mass is 10.1. The van der Waals surface area contributed by atoms with Gasteiger partial charge in [-0.05, 0) is 55.2 Å². The number of nitrogens with zero attached hydrogens (tertiary/aromatic N) is 2. The molecular weight excluding hydrogens is 580 g/mol. The van der Waals surface area contributed by atoms with E-state index in [0.29, 0.717) is 27.1 Å². The maximum absolute atomic E-state index is 13.8. The summed E-state index contributed by atoms with van der Waals surface area (Å²) in [6.07, 6.45) is 5.17. The standard InChI is InChI=1S/C25H29Cl4N3O4S/c1-3-22(25(34)30-18-6-4-5-7-18)31(14-16-8-10-19(27)20(28)12-16)24(33)15-32(37(2,35)36)23-11-9-17(26)13-21(23)29/h8-13,18,22H,3-7,14-15H2,1-2H3,(H,30,34)/t22-/m0/s1. The van der Waals surface area contributed by atoms with E-state index in [9.17, 15) is 18.0 Å². The Labute approximate surface area is 238 Å². The van der Waals surface area contributed by atoms with Gasteiger partial charge in [-0.15, -0.1) is 0 Å². The Morgan fingerprint density at radius 2 is 1.68 bits per heavy atom. The molecule has 12 heteroatoms. The molecule has 1 N–H and O–H groups in total. The first-order valence-corrected chi connectivity index (χ1v) is 15.2. The highest BCUT2D eigenvalue weighted by Crippen LogP contribution is 2.31. The number of amides is 2. The summed E-state index contributed by atoms with van der Waals surface area (Å²) in [5.74, 6) is -0.853. The van der Waals surface area contributed by atoms with Crippen molar-refractivity contribution in [3.05, 3.63) is 62.1 Å². The Bertz CT molecular complexity index is 1250. The molecular formula is C25H29Cl4N3O4S. The lowest BCUT2D eigenvalue weighted by Gasteiger charge is -2.33. The van der Waals surface area contributed by atoms with Crippen LogP contribution in [0.3, 0.4) is 0 Å². The zero-order valence-electron chi connectivity index (χ0n) is 20.5. The van der Waals surface area contributed by atoms with Gasteiger partial charge in [0.1, 0.15) is 12.6 Å². The number of sulfonamides is 1. The fourth-order valence-electron chi connectivity index (χ4n) is 4.40. The molecule has 202 valence electrons. The number of benzene rings is 2. The number of nitrogens with one attached hydrogen (secondary N) is 1. The number of halogens is 4. The molecule has 0 radical (unpaired) electrons. The van der Waals surface area contributed by atoms with Crippen molar-refractivity contribution >= 4 is 73.9 Å². The summed E-state index contributed by atoms with van der Waals surface area (Å²) in [5.41, 5.74) is 0.755. The van der Waals surface area contributed by atoms with Crippen molar-refractivity contribution in [2.75, 3.05) is 17.1 Å². The zero-order chi connectivity index (χ0) is 27.3. The normalized spacial score (nSPS) is 14.9. The van der Waals surface area contributed by atoms with Crippen LogP contribution in [0.2, 0.25) is 20.1 Å². The molecule has 0 spiro atoms. The van der Waals surface area contributed by atoms with Crippen LogP contribution in [-0.4, -0.2) is 50.0 Å². The second kappa shape index (κ2) is 12.9. The number of carbonyl (C=O) groups excluding carboxylic acids is 2. The highest BCUT2D eigenvalue weighted by atomic mass is 35.5. The molecule has 37 heavy (non-hydrogen) atoms. The summed E-state index contributed by atoms with van der Waals surface area (Å²) >= 11 is 24.5. The predicted molar refractivity (Wildman–Crippen MR) is 150 cm³/mol. The summed E-state index contributed by atoms with van der Waals surface area (Å²) in [7, 11) is -3.92. The number of anilines is 1. The highest BCUT2D eigenvalue weighted by Gasteiger charge is 2.33. The van der Waals surface area contributed by atoms with Gasteiger partial charge in [-0.2, -0.15) is 0 Å². The zero-order valence-corrected chi connectivity index (χ0v) is 24.4. The molecule has 0 aliphatic heterocycles. The van der Waals surface area contributed by atoms with E-state index in [1.54, 1.807) is 25.1 Å². The fraction of sp³-hybridized carbons (Fsp3) is 0.440. The molecule has 0 heterocycles. The lowest BCUT2D eigenvalue weighted by molar-refractivity contribution is -0.140. The largest absolute Gasteiger partial charge is 0.352 e. The van der Waals surface area contributed by atoms with Crippen molar-refractivity contribution in [2.24, 2.45) is 0 Å². The van der Waals surface area contributed by atoms with Gasteiger partial charge in [-0.3, -0.25) is 13.9 Å². The van der Waals surface area contributed by atoms with E-state index in [4.69, 9.17) is 46.4 Å². The second-order valence-electron chi connectivity index (χ2n) is 9.05. The number of hydrogen-bond donors (Lipinski definition) is 1. The Morgan fingerprint density at radius 3 is 2.24 bits per heavy atom. The van der Waals surface area contributed by atoms with Gasteiger partial charge in [-0.25, -0.2) is 8.42 Å². The van der Waals surface area contributed by atoms with Crippen LogP contribution < -0.4 is 9.62 Å². The van der Waals surface area contributed by atoms with Crippen LogP contribution in [0.25, 0.3) is 0 Å². The third-order valence-corrected chi connectivity index (χ3v) is 8.69. The Kier molecular flexibility index (Phi) is 10.4. The van der Waals surface area contributed by atoms with Crippen LogP contribution >= 0.6 is 46.4 Å². The summed E-state index contributed by atoms with van der Waals surface area (Å²) in [6.45, 7) is 1.27. The van der Waals surface area contributed by atoms with Crippen molar-refractivity contribution in [2.45, 2.75) is 57.7 Å². The molecule has 2 aromatic rings. The maximum atomic E-state index is 13.8. The van der Waals surface area contributed by atoms with E-state index in [2.05, 4.69) is 5.32 Å². The van der Waals surface area contributed by atoms with Crippen LogP contribution in [0.1, 0.15) is 44.6 Å². The van der Waals surface area contributed by atoms with E-state index >= 15 is 0 Å². The van der Waals surface area contributed by atoms with Crippen LogP contribution in [-0.2, 0) is 26.2 Å². The molecule has 0 bridgehead atoms. The second-order valence-corrected chi connectivity index (χ2v) is 12.6. The van der Waals surface area contributed by atoms with Crippen molar-refractivity contribution in [1.29, 1.82) is 0 Å². The van der Waals surface area contributed by atoms with Crippen molar-refractivity contribution in [3.63, 3.8) is 0 Å². The van der Waals surface area contributed by atoms with Gasteiger partial charge in [0, 0.05) is 17.6 Å². The van der Waals surface area contributed by atoms with Gasteiger partial charge in [0.05, 0.1) is 27.0 Å². The summed E-state index contributed by atoms with van der Waals surface area (Å²) in [5, 5.41) is 4.12. The van der Waals surface area contributed by atoms with Crippen molar-refractivity contribution < 1.29 is 18.0 Å². The minimum absolute atomic E-state index is 0.0261. The molecule has 1 atom stereocenters. The summed E-state index contributed by atoms with van der Waals surface area (Å²) in [4.78, 5) is 28.5. The van der Waals surface area contributed by atoms with Gasteiger partial charge >= 0.3 is 0 Å². The molecule has 1 fully saturated rings. The van der Waals surface area contributed by atoms with Crippen LogP contribution in [0.4, 0.5) is 5.69 Å². The van der Waals surface area contributed by atoms with Crippen LogP contribution in [0, 0.1) is 0 Å². The molecule has 0 aromatic heterocycles. The quantitative estimate of drug-likeness (QED) is 0.362. The third kappa shape index (κ3) is 7.90. The van der Waals surface area contributed by atoms with Gasteiger partial charge in [0.25, 0.3) is 0 Å². The van der Waals surface area contributed by atoms with Crippen molar-refractivity contribution in [3.8, 4) is 0 Å².